The number of aromatic amines is 1. The lowest BCUT2D eigenvalue weighted by atomic mass is 9.92. The molecule has 2 rings (SSSR count). The molecule has 0 unspecified atom stereocenters. The summed E-state index contributed by atoms with van der Waals surface area (Å²) in [6.07, 6.45) is 7.50. The zero-order valence-electron chi connectivity index (χ0n) is 10.1. The molecule has 0 amide bonds. The molecule has 0 saturated heterocycles. The molecule has 1 heterocycles. The third kappa shape index (κ3) is 4.36. The van der Waals surface area contributed by atoms with Gasteiger partial charge < -0.3 is 5.73 Å². The predicted octanol–water partition coefficient (Wildman–Crippen LogP) is 3.24. The van der Waals surface area contributed by atoms with Crippen molar-refractivity contribution < 1.29 is 0 Å². The zero-order chi connectivity index (χ0) is 11.3. The molecule has 0 aromatic carbocycles. The minimum atomic E-state index is 0.116. The molecule has 3 N–H and O–H groups in total. The minimum absolute atomic E-state index is 0.116. The van der Waals surface area contributed by atoms with E-state index in [0.29, 0.717) is 5.82 Å². The van der Waals surface area contributed by atoms with Crippen molar-refractivity contribution >= 4 is 5.82 Å². The normalized spacial score (nSPS) is 15.9. The van der Waals surface area contributed by atoms with E-state index in [-0.39, 0.29) is 5.41 Å². The molecule has 15 heavy (non-hydrogen) atoms. The van der Waals surface area contributed by atoms with Crippen LogP contribution in [0.1, 0.15) is 58.6 Å². The molecule has 86 valence electrons. The van der Waals surface area contributed by atoms with Crippen molar-refractivity contribution in [2.75, 3.05) is 5.73 Å². The number of nitrogens with zero attached hydrogens (tertiary/aromatic N) is 1. The highest BCUT2D eigenvalue weighted by molar-refractivity contribution is 5.31. The van der Waals surface area contributed by atoms with Crippen LogP contribution >= 0.6 is 0 Å². The van der Waals surface area contributed by atoms with Crippen molar-refractivity contribution in [3.8, 4) is 0 Å². The van der Waals surface area contributed by atoms with Crippen LogP contribution in [0.2, 0.25) is 0 Å². The molecule has 3 heteroatoms. The van der Waals surface area contributed by atoms with Gasteiger partial charge in [0.15, 0.2) is 0 Å². The number of nitrogens with two attached hydrogens (primary N) is 1. The first-order chi connectivity index (χ1) is 7.00. The quantitative estimate of drug-likeness (QED) is 0.689. The molecule has 1 saturated carbocycles. The van der Waals surface area contributed by atoms with Gasteiger partial charge in [0.2, 0.25) is 0 Å². The Morgan fingerprint density at radius 1 is 1.13 bits per heavy atom. The smallest absolute Gasteiger partial charge is 0.145 e. The van der Waals surface area contributed by atoms with E-state index in [1.165, 1.54) is 32.1 Å². The lowest BCUT2D eigenvalue weighted by molar-refractivity contribution is 0.567. The summed E-state index contributed by atoms with van der Waals surface area (Å²) in [5, 5.41) is 6.71. The van der Waals surface area contributed by atoms with Crippen LogP contribution in [0.3, 0.4) is 0 Å². The second kappa shape index (κ2) is 5.19. The Bertz CT molecular complexity index is 272. The van der Waals surface area contributed by atoms with Crippen molar-refractivity contribution in [2.24, 2.45) is 0 Å². The average Bonchev–Trinajstić information content (AvgIpc) is 2.72. The summed E-state index contributed by atoms with van der Waals surface area (Å²) in [6, 6.07) is 1.86. The monoisotopic (exact) mass is 209 g/mol. The van der Waals surface area contributed by atoms with Crippen molar-refractivity contribution in [2.45, 2.75) is 58.3 Å². The maximum Gasteiger partial charge on any atom is 0.145 e. The van der Waals surface area contributed by atoms with Gasteiger partial charge in [0.1, 0.15) is 5.82 Å². The molecular weight excluding hydrogens is 186 g/mol. The Labute approximate surface area is 92.5 Å². The van der Waals surface area contributed by atoms with Crippen LogP contribution in [0.25, 0.3) is 0 Å². The molecule has 1 aromatic rings. The van der Waals surface area contributed by atoms with E-state index in [1.807, 2.05) is 6.07 Å². The van der Waals surface area contributed by atoms with E-state index in [0.717, 1.165) is 5.69 Å². The number of hydrogen-bond donors (Lipinski definition) is 2. The van der Waals surface area contributed by atoms with Gasteiger partial charge in [-0.3, -0.25) is 5.10 Å². The third-order valence-corrected chi connectivity index (χ3v) is 2.66. The van der Waals surface area contributed by atoms with Crippen molar-refractivity contribution in [1.82, 2.24) is 10.2 Å². The summed E-state index contributed by atoms with van der Waals surface area (Å²) >= 11 is 0. The van der Waals surface area contributed by atoms with Crippen LogP contribution in [0.4, 0.5) is 5.82 Å². The number of nitrogen functional groups attached to an aromatic ring is 1. The SMILES string of the molecule is C1CCCC1.CC(C)(C)c1cc(N)n[nH]1. The van der Waals surface area contributed by atoms with Gasteiger partial charge in [-0.25, -0.2) is 0 Å². The second-order valence-electron chi connectivity index (χ2n) is 5.22. The molecule has 0 spiro atoms. The first-order valence-corrected chi connectivity index (χ1v) is 5.81. The molecule has 1 fully saturated rings. The maximum atomic E-state index is 5.43. The summed E-state index contributed by atoms with van der Waals surface area (Å²) in [6.45, 7) is 6.33. The topological polar surface area (TPSA) is 54.7 Å². The molecule has 1 aliphatic carbocycles. The fraction of sp³-hybridized carbons (Fsp3) is 0.750. The number of hydrogen-bond acceptors (Lipinski definition) is 2. The van der Waals surface area contributed by atoms with E-state index in [9.17, 15) is 0 Å². The molecular formula is C12H23N3. The Morgan fingerprint density at radius 3 is 1.80 bits per heavy atom. The highest BCUT2D eigenvalue weighted by Gasteiger charge is 2.15. The molecule has 0 atom stereocenters. The number of rotatable bonds is 0. The predicted molar refractivity (Wildman–Crippen MR) is 64.8 cm³/mol. The van der Waals surface area contributed by atoms with Gasteiger partial charge in [-0.05, 0) is 0 Å². The Kier molecular flexibility index (Phi) is 4.18. The standard InChI is InChI=1S/C7H13N3.C5H10/c1-7(2,3)5-4-6(8)10-9-5;1-2-4-5-3-1/h4H,1-3H3,(H3,8,9,10);1-5H2. The van der Waals surface area contributed by atoms with Crippen LogP contribution in [0, 0.1) is 0 Å². The summed E-state index contributed by atoms with van der Waals surface area (Å²) < 4.78 is 0. The van der Waals surface area contributed by atoms with Gasteiger partial charge in [0.05, 0.1) is 0 Å². The summed E-state index contributed by atoms with van der Waals surface area (Å²) in [7, 11) is 0. The van der Waals surface area contributed by atoms with E-state index >= 15 is 0 Å². The first kappa shape index (κ1) is 12.1. The summed E-state index contributed by atoms with van der Waals surface area (Å²) in [4.78, 5) is 0. The fourth-order valence-electron chi connectivity index (χ4n) is 1.61. The van der Waals surface area contributed by atoms with Crippen LogP contribution < -0.4 is 5.73 Å². The number of H-pyrrole nitrogens is 1. The number of anilines is 1. The summed E-state index contributed by atoms with van der Waals surface area (Å²) in [5.41, 5.74) is 6.62. The van der Waals surface area contributed by atoms with Gasteiger partial charge in [-0.2, -0.15) is 5.10 Å². The molecule has 0 aliphatic heterocycles. The Morgan fingerprint density at radius 2 is 1.60 bits per heavy atom. The molecule has 0 radical (unpaired) electrons. The average molecular weight is 209 g/mol. The lowest BCUT2D eigenvalue weighted by Crippen LogP contribution is -2.11. The first-order valence-electron chi connectivity index (χ1n) is 5.81. The minimum Gasteiger partial charge on any atom is -0.382 e. The van der Waals surface area contributed by atoms with Crippen LogP contribution in [-0.4, -0.2) is 10.2 Å². The maximum absolute atomic E-state index is 5.43. The highest BCUT2D eigenvalue weighted by atomic mass is 15.2. The van der Waals surface area contributed by atoms with Gasteiger partial charge in [0.25, 0.3) is 0 Å². The lowest BCUT2D eigenvalue weighted by Gasteiger charge is -2.14. The third-order valence-electron chi connectivity index (χ3n) is 2.66. The van der Waals surface area contributed by atoms with Gasteiger partial charge in [-0.1, -0.05) is 52.9 Å². The molecule has 0 bridgehead atoms. The van der Waals surface area contributed by atoms with Crippen molar-refractivity contribution in [1.29, 1.82) is 0 Å². The number of nitrogens with one attached hydrogen (secondary N) is 1. The zero-order valence-corrected chi connectivity index (χ0v) is 10.1. The molecule has 3 nitrogen and oxygen atoms in total. The van der Waals surface area contributed by atoms with Crippen LogP contribution in [0.5, 0.6) is 0 Å². The Hall–Kier alpha value is -0.990. The van der Waals surface area contributed by atoms with E-state index in [4.69, 9.17) is 5.73 Å². The number of aromatic nitrogens is 2. The fourth-order valence-corrected chi connectivity index (χ4v) is 1.61. The van der Waals surface area contributed by atoms with E-state index in [2.05, 4.69) is 31.0 Å². The van der Waals surface area contributed by atoms with E-state index < -0.39 is 0 Å². The van der Waals surface area contributed by atoms with Crippen molar-refractivity contribution in [3.05, 3.63) is 11.8 Å². The highest BCUT2D eigenvalue weighted by Crippen LogP contribution is 2.20. The largest absolute Gasteiger partial charge is 0.382 e. The van der Waals surface area contributed by atoms with Crippen LogP contribution in [0.15, 0.2) is 6.07 Å². The second-order valence-corrected chi connectivity index (χ2v) is 5.22. The van der Waals surface area contributed by atoms with Gasteiger partial charge >= 0.3 is 0 Å². The molecule has 1 aliphatic rings. The van der Waals surface area contributed by atoms with Gasteiger partial charge in [0, 0.05) is 17.2 Å². The van der Waals surface area contributed by atoms with Crippen molar-refractivity contribution in [3.63, 3.8) is 0 Å². The Balaban J connectivity index is 0.000000187. The molecule has 1 aromatic heterocycles. The van der Waals surface area contributed by atoms with Gasteiger partial charge in [-0.15, -0.1) is 0 Å². The summed E-state index contributed by atoms with van der Waals surface area (Å²) in [5.74, 6) is 0.560. The van der Waals surface area contributed by atoms with E-state index in [1.54, 1.807) is 0 Å². The van der Waals surface area contributed by atoms with Crippen LogP contribution in [-0.2, 0) is 5.41 Å².